The summed E-state index contributed by atoms with van der Waals surface area (Å²) in [7, 11) is 0. The van der Waals surface area contributed by atoms with Crippen molar-refractivity contribution in [2.45, 2.75) is 43.9 Å². The number of carboxylic acid groups (broad SMARTS) is 1. The fourth-order valence-corrected chi connectivity index (χ4v) is 2.44. The zero-order chi connectivity index (χ0) is 13.4. The maximum atomic E-state index is 10.8. The third-order valence-corrected chi connectivity index (χ3v) is 4.03. The van der Waals surface area contributed by atoms with E-state index in [0.29, 0.717) is 0 Å². The van der Waals surface area contributed by atoms with Gasteiger partial charge in [-0.1, -0.05) is 38.1 Å². The second-order valence-corrected chi connectivity index (χ2v) is 5.97. The Hall–Kier alpha value is -1.35. The second-order valence-electron chi connectivity index (χ2n) is 5.97. The van der Waals surface area contributed by atoms with Gasteiger partial charge in [-0.05, 0) is 24.0 Å². The molecule has 3 nitrogen and oxygen atoms in total. The van der Waals surface area contributed by atoms with Gasteiger partial charge in [0.2, 0.25) is 0 Å². The average molecular weight is 248 g/mol. The van der Waals surface area contributed by atoms with Gasteiger partial charge >= 0.3 is 5.97 Å². The molecule has 0 spiro atoms. The Kier molecular flexibility index (Phi) is 3.20. The first-order valence-electron chi connectivity index (χ1n) is 6.33. The van der Waals surface area contributed by atoms with Gasteiger partial charge in [0.15, 0.2) is 0 Å². The van der Waals surface area contributed by atoms with Crippen molar-refractivity contribution in [2.75, 3.05) is 6.61 Å². The molecule has 1 saturated carbocycles. The third-order valence-electron chi connectivity index (χ3n) is 4.03. The lowest BCUT2D eigenvalue weighted by Crippen LogP contribution is -2.22. The summed E-state index contributed by atoms with van der Waals surface area (Å²) in [6.07, 6.45) is 2.21. The highest BCUT2D eigenvalue weighted by Crippen LogP contribution is 2.47. The molecule has 0 bridgehead atoms. The Morgan fingerprint density at radius 3 is 2.22 bits per heavy atom. The molecule has 0 heterocycles. The largest absolute Gasteiger partial charge is 0.481 e. The average Bonchev–Trinajstić information content (AvgIpc) is 3.08. The SMILES string of the molecule is CC(C)(CC(=O)O)c1ccc(C2(CO)CC2)cc1. The summed E-state index contributed by atoms with van der Waals surface area (Å²) in [5, 5.41) is 18.3. The van der Waals surface area contributed by atoms with Crippen LogP contribution in [0, 0.1) is 0 Å². The molecule has 0 aromatic heterocycles. The Morgan fingerprint density at radius 1 is 1.28 bits per heavy atom. The van der Waals surface area contributed by atoms with Crippen molar-refractivity contribution in [1.82, 2.24) is 0 Å². The number of carbonyl (C=O) groups is 1. The van der Waals surface area contributed by atoms with Gasteiger partial charge in [-0.25, -0.2) is 0 Å². The van der Waals surface area contributed by atoms with Crippen molar-refractivity contribution in [3.8, 4) is 0 Å². The number of carboxylic acids is 1. The molecular weight excluding hydrogens is 228 g/mol. The topological polar surface area (TPSA) is 57.5 Å². The first-order chi connectivity index (χ1) is 8.39. The highest BCUT2D eigenvalue weighted by Gasteiger charge is 2.43. The van der Waals surface area contributed by atoms with E-state index in [1.807, 2.05) is 38.1 Å². The molecule has 1 aromatic rings. The molecule has 0 amide bonds. The van der Waals surface area contributed by atoms with Crippen LogP contribution in [-0.2, 0) is 15.6 Å². The van der Waals surface area contributed by atoms with Gasteiger partial charge in [0.1, 0.15) is 0 Å². The molecule has 1 aliphatic rings. The summed E-state index contributed by atoms with van der Waals surface area (Å²) in [5.74, 6) is -0.780. The Bertz CT molecular complexity index is 441. The molecule has 0 radical (unpaired) electrons. The van der Waals surface area contributed by atoms with Crippen LogP contribution in [0.15, 0.2) is 24.3 Å². The number of benzene rings is 1. The zero-order valence-electron chi connectivity index (χ0n) is 10.9. The highest BCUT2D eigenvalue weighted by molar-refractivity contribution is 5.68. The van der Waals surface area contributed by atoms with Crippen LogP contribution < -0.4 is 0 Å². The van der Waals surface area contributed by atoms with Crippen LogP contribution >= 0.6 is 0 Å². The Morgan fingerprint density at radius 2 is 1.83 bits per heavy atom. The molecule has 1 aliphatic carbocycles. The summed E-state index contributed by atoms with van der Waals surface area (Å²) in [6.45, 7) is 4.08. The van der Waals surface area contributed by atoms with E-state index in [9.17, 15) is 9.90 Å². The molecule has 2 N–H and O–H groups in total. The molecule has 0 aliphatic heterocycles. The lowest BCUT2D eigenvalue weighted by molar-refractivity contribution is -0.138. The Labute approximate surface area is 107 Å². The van der Waals surface area contributed by atoms with Gasteiger partial charge in [0.25, 0.3) is 0 Å². The number of aliphatic hydroxyl groups is 1. The fourth-order valence-electron chi connectivity index (χ4n) is 2.44. The number of hydrogen-bond acceptors (Lipinski definition) is 2. The van der Waals surface area contributed by atoms with E-state index >= 15 is 0 Å². The summed E-state index contributed by atoms with van der Waals surface area (Å²) < 4.78 is 0. The van der Waals surface area contributed by atoms with Crippen molar-refractivity contribution in [3.63, 3.8) is 0 Å². The number of aliphatic hydroxyl groups excluding tert-OH is 1. The molecule has 0 saturated heterocycles. The molecule has 2 rings (SSSR count). The van der Waals surface area contributed by atoms with Gasteiger partial charge in [-0.15, -0.1) is 0 Å². The number of hydrogen-bond donors (Lipinski definition) is 2. The van der Waals surface area contributed by atoms with Crippen molar-refractivity contribution >= 4 is 5.97 Å². The molecule has 3 heteroatoms. The molecular formula is C15H20O3. The van der Waals surface area contributed by atoms with Crippen molar-refractivity contribution in [2.24, 2.45) is 0 Å². The Balaban J connectivity index is 2.20. The maximum absolute atomic E-state index is 10.8. The molecule has 1 fully saturated rings. The minimum Gasteiger partial charge on any atom is -0.481 e. The van der Waals surface area contributed by atoms with Crippen molar-refractivity contribution in [3.05, 3.63) is 35.4 Å². The maximum Gasteiger partial charge on any atom is 0.304 e. The van der Waals surface area contributed by atoms with Crippen LogP contribution in [0.2, 0.25) is 0 Å². The predicted molar refractivity (Wildman–Crippen MR) is 69.7 cm³/mol. The molecule has 0 unspecified atom stereocenters. The van der Waals surface area contributed by atoms with Crippen LogP contribution in [-0.4, -0.2) is 22.8 Å². The minimum atomic E-state index is -0.780. The van der Waals surface area contributed by atoms with Crippen molar-refractivity contribution in [1.29, 1.82) is 0 Å². The van der Waals surface area contributed by atoms with Crippen molar-refractivity contribution < 1.29 is 15.0 Å². The predicted octanol–water partition coefficient (Wildman–Crippen LogP) is 2.46. The first-order valence-corrected chi connectivity index (χ1v) is 6.33. The van der Waals surface area contributed by atoms with E-state index in [1.54, 1.807) is 0 Å². The fraction of sp³-hybridized carbons (Fsp3) is 0.533. The lowest BCUT2D eigenvalue weighted by atomic mass is 9.80. The van der Waals surface area contributed by atoms with Crippen LogP contribution in [0.25, 0.3) is 0 Å². The third kappa shape index (κ3) is 2.41. The molecule has 1 aromatic carbocycles. The van der Waals surface area contributed by atoms with E-state index in [4.69, 9.17) is 5.11 Å². The van der Waals surface area contributed by atoms with E-state index in [1.165, 1.54) is 5.56 Å². The van der Waals surface area contributed by atoms with Gasteiger partial charge in [0, 0.05) is 10.8 Å². The zero-order valence-corrected chi connectivity index (χ0v) is 10.9. The van der Waals surface area contributed by atoms with Gasteiger partial charge in [0.05, 0.1) is 13.0 Å². The summed E-state index contributed by atoms with van der Waals surface area (Å²) >= 11 is 0. The van der Waals surface area contributed by atoms with Crippen LogP contribution in [0.5, 0.6) is 0 Å². The smallest absolute Gasteiger partial charge is 0.304 e. The first kappa shape index (κ1) is 13.1. The number of rotatable bonds is 5. The van der Waals surface area contributed by atoms with Crippen LogP contribution in [0.3, 0.4) is 0 Å². The van der Waals surface area contributed by atoms with E-state index < -0.39 is 5.97 Å². The molecule has 0 atom stereocenters. The quantitative estimate of drug-likeness (QED) is 0.841. The monoisotopic (exact) mass is 248 g/mol. The molecule has 98 valence electrons. The van der Waals surface area contributed by atoms with Crippen LogP contribution in [0.1, 0.15) is 44.2 Å². The number of aliphatic carboxylic acids is 1. The van der Waals surface area contributed by atoms with E-state index in [0.717, 1.165) is 18.4 Å². The van der Waals surface area contributed by atoms with Gasteiger partial charge in [-0.3, -0.25) is 4.79 Å². The lowest BCUT2D eigenvalue weighted by Gasteiger charge is -2.24. The van der Waals surface area contributed by atoms with E-state index in [-0.39, 0.29) is 23.9 Å². The summed E-state index contributed by atoms with van der Waals surface area (Å²) in [4.78, 5) is 10.8. The normalized spacial score (nSPS) is 17.5. The van der Waals surface area contributed by atoms with Gasteiger partial charge in [-0.2, -0.15) is 0 Å². The highest BCUT2D eigenvalue weighted by atomic mass is 16.4. The summed E-state index contributed by atoms with van der Waals surface area (Å²) in [6, 6.07) is 8.05. The molecule has 18 heavy (non-hydrogen) atoms. The second kappa shape index (κ2) is 4.39. The van der Waals surface area contributed by atoms with Gasteiger partial charge < -0.3 is 10.2 Å². The van der Waals surface area contributed by atoms with Crippen LogP contribution in [0.4, 0.5) is 0 Å². The standard InChI is InChI=1S/C15H20O3/c1-14(2,9-13(17)18)11-3-5-12(6-4-11)15(10-16)7-8-15/h3-6,16H,7-10H2,1-2H3,(H,17,18). The summed E-state index contributed by atoms with van der Waals surface area (Å²) in [5.41, 5.74) is 1.82. The minimum absolute atomic E-state index is 0.0184. The van der Waals surface area contributed by atoms with E-state index in [2.05, 4.69) is 0 Å².